The number of fused-ring (bicyclic) bond motifs is 1. The number of rotatable bonds is 8. The number of nitrogens with zero attached hydrogens (tertiary/aromatic N) is 8. The van der Waals surface area contributed by atoms with Gasteiger partial charge in [0.15, 0.2) is 17.5 Å². The highest BCUT2D eigenvalue weighted by atomic mass is 16.1. The molecule has 1 amide bonds. The molecule has 5 heterocycles. The van der Waals surface area contributed by atoms with Gasteiger partial charge in [0.05, 0.1) is 5.69 Å². The summed E-state index contributed by atoms with van der Waals surface area (Å²) in [5.74, 6) is 2.28. The van der Waals surface area contributed by atoms with E-state index in [0.717, 1.165) is 55.5 Å². The van der Waals surface area contributed by atoms with Crippen LogP contribution in [-0.2, 0) is 0 Å². The molecule has 2 fully saturated rings. The van der Waals surface area contributed by atoms with Crippen LogP contribution in [0.15, 0.2) is 37.2 Å². The molecule has 0 aliphatic carbocycles. The number of H-pyrrole nitrogens is 1. The molecule has 5 N–H and O–H groups in total. The third kappa shape index (κ3) is 6.48. The Kier molecular flexibility index (Phi) is 8.40. The van der Waals surface area contributed by atoms with Crippen LogP contribution in [0.1, 0.15) is 41.4 Å². The molecular formula is C31H40N12O. The van der Waals surface area contributed by atoms with Crippen molar-refractivity contribution in [1.82, 2.24) is 39.9 Å². The van der Waals surface area contributed by atoms with E-state index in [2.05, 4.69) is 64.1 Å². The first-order valence-corrected chi connectivity index (χ1v) is 15.1. The highest BCUT2D eigenvalue weighted by Gasteiger charge is 2.25. The number of amides is 1. The fourth-order valence-electron chi connectivity index (χ4n) is 5.75. The van der Waals surface area contributed by atoms with Crippen LogP contribution in [0.25, 0.3) is 16.6 Å². The van der Waals surface area contributed by atoms with Crippen LogP contribution in [-0.4, -0.2) is 98.7 Å². The molecule has 6 rings (SSSR count). The zero-order valence-electron chi connectivity index (χ0n) is 25.6. The summed E-state index contributed by atoms with van der Waals surface area (Å²) in [6, 6.07) is 7.17. The lowest BCUT2D eigenvalue weighted by molar-refractivity contribution is 0.102. The number of nitrogens with one attached hydrogen (secondary N) is 3. The number of allylic oxidation sites excluding steroid dienone is 1. The third-order valence-corrected chi connectivity index (χ3v) is 8.54. The molecule has 0 bridgehead atoms. The lowest BCUT2D eigenvalue weighted by Gasteiger charge is -2.38. The molecule has 1 aromatic carbocycles. The Morgan fingerprint density at radius 1 is 1.07 bits per heavy atom. The van der Waals surface area contributed by atoms with Crippen LogP contribution in [0.3, 0.4) is 0 Å². The van der Waals surface area contributed by atoms with Gasteiger partial charge >= 0.3 is 0 Å². The Morgan fingerprint density at radius 2 is 1.84 bits per heavy atom. The zero-order chi connectivity index (χ0) is 30.8. The quantitative estimate of drug-likeness (QED) is 0.236. The van der Waals surface area contributed by atoms with Gasteiger partial charge in [-0.2, -0.15) is 10.1 Å². The molecule has 2 aliphatic rings. The summed E-state index contributed by atoms with van der Waals surface area (Å²) in [5, 5.41) is 13.2. The maximum atomic E-state index is 13.0. The van der Waals surface area contributed by atoms with E-state index >= 15 is 0 Å². The molecule has 13 nitrogen and oxygen atoms in total. The summed E-state index contributed by atoms with van der Waals surface area (Å²) < 4.78 is 0. The van der Waals surface area contributed by atoms with E-state index in [0.29, 0.717) is 45.7 Å². The van der Waals surface area contributed by atoms with Gasteiger partial charge in [0.1, 0.15) is 17.4 Å². The number of nitrogens with two attached hydrogens (primary N) is 1. The number of benzene rings is 1. The van der Waals surface area contributed by atoms with E-state index < -0.39 is 0 Å². The Bertz CT molecular complexity index is 1670. The first-order valence-electron chi connectivity index (χ1n) is 15.1. The molecule has 0 saturated carbocycles. The van der Waals surface area contributed by atoms with Gasteiger partial charge in [-0.3, -0.25) is 14.8 Å². The monoisotopic (exact) mass is 596 g/mol. The molecular weight excluding hydrogens is 556 g/mol. The number of anilines is 5. The van der Waals surface area contributed by atoms with Gasteiger partial charge in [0, 0.05) is 50.0 Å². The number of hydrogen-bond acceptors (Lipinski definition) is 11. The summed E-state index contributed by atoms with van der Waals surface area (Å²) in [5.41, 5.74) is 11.1. The molecule has 0 radical (unpaired) electrons. The highest BCUT2D eigenvalue weighted by molar-refractivity contribution is 6.05. The minimum absolute atomic E-state index is 0.288. The summed E-state index contributed by atoms with van der Waals surface area (Å²) in [4.78, 5) is 38.6. The second kappa shape index (κ2) is 12.5. The minimum Gasteiger partial charge on any atom is -0.382 e. The van der Waals surface area contributed by atoms with Gasteiger partial charge in [0.2, 0.25) is 5.95 Å². The number of carbonyl (C=O) groups is 1. The average Bonchev–Trinajstić information content (AvgIpc) is 3.49. The number of piperazine rings is 1. The van der Waals surface area contributed by atoms with E-state index in [4.69, 9.17) is 10.7 Å². The van der Waals surface area contributed by atoms with Crippen LogP contribution in [0.5, 0.6) is 0 Å². The lowest BCUT2D eigenvalue weighted by Crippen LogP contribution is -2.49. The average molecular weight is 597 g/mol. The van der Waals surface area contributed by atoms with Crippen LogP contribution in [0.4, 0.5) is 29.1 Å². The van der Waals surface area contributed by atoms with Crippen LogP contribution in [0.2, 0.25) is 0 Å². The van der Waals surface area contributed by atoms with Gasteiger partial charge in [0.25, 0.3) is 5.91 Å². The number of hydrogen-bond donors (Lipinski definition) is 4. The molecule has 3 aromatic heterocycles. The number of nitrogen functional groups attached to an aromatic ring is 1. The van der Waals surface area contributed by atoms with Gasteiger partial charge in [-0.1, -0.05) is 12.6 Å². The second-order valence-electron chi connectivity index (χ2n) is 11.9. The second-order valence-corrected chi connectivity index (χ2v) is 11.9. The molecule has 2 saturated heterocycles. The predicted octanol–water partition coefficient (Wildman–Crippen LogP) is 3.53. The van der Waals surface area contributed by atoms with Crippen molar-refractivity contribution in [2.75, 3.05) is 74.1 Å². The number of aromatic amines is 1. The topological polar surface area (TPSA) is 157 Å². The summed E-state index contributed by atoms with van der Waals surface area (Å²) in [6.07, 6.45) is 3.98. The van der Waals surface area contributed by atoms with Gasteiger partial charge in [-0.25, -0.2) is 15.0 Å². The minimum atomic E-state index is -0.288. The number of aryl methyl sites for hydroxylation is 1. The van der Waals surface area contributed by atoms with Crippen molar-refractivity contribution in [2.45, 2.75) is 26.7 Å². The van der Waals surface area contributed by atoms with Crippen LogP contribution < -0.4 is 21.3 Å². The van der Waals surface area contributed by atoms with E-state index in [-0.39, 0.29) is 5.91 Å². The SMILES string of the molecule is C=C(C)c1cc(NC(=O)c2ccc(C)c(Nc3ncnc4c(N)nc(N5CCN(CC6CCN(C)CC6)CC5)nc34)c2)n[nH]1. The number of aromatic nitrogens is 6. The smallest absolute Gasteiger partial charge is 0.256 e. The van der Waals surface area contributed by atoms with Crippen molar-refractivity contribution >= 4 is 51.6 Å². The van der Waals surface area contributed by atoms with Gasteiger partial charge < -0.3 is 26.2 Å². The number of carbonyl (C=O) groups excluding carboxylic acids is 1. The third-order valence-electron chi connectivity index (χ3n) is 8.54. The van der Waals surface area contributed by atoms with Crippen LogP contribution in [0, 0.1) is 12.8 Å². The Balaban J connectivity index is 1.18. The Hall–Kier alpha value is -4.62. The first kappa shape index (κ1) is 29.5. The first-order chi connectivity index (χ1) is 21.2. The fraction of sp³-hybridized carbons (Fsp3) is 0.419. The van der Waals surface area contributed by atoms with Crippen molar-refractivity contribution in [3.05, 3.63) is 54.0 Å². The zero-order valence-corrected chi connectivity index (χ0v) is 25.6. The Labute approximate surface area is 257 Å². The molecule has 44 heavy (non-hydrogen) atoms. The maximum Gasteiger partial charge on any atom is 0.256 e. The number of piperidine rings is 1. The standard InChI is InChI=1S/C31H40N12O/c1-19(2)23-16-25(40-39-23)36-30(44)22-6-5-20(3)24(15-22)35-29-27-26(33-18-34-29)28(32)38-31(37-27)43-13-11-42(12-14-43)17-21-7-9-41(4)10-8-21/h5-6,15-16,18,21H,1,7-14,17H2,2-4H3,(H2,32,37,38)(H,33,34,35)(H2,36,39,40,44). The van der Waals surface area contributed by atoms with Crippen molar-refractivity contribution < 1.29 is 4.79 Å². The molecule has 0 atom stereocenters. The van der Waals surface area contributed by atoms with Crippen molar-refractivity contribution in [3.8, 4) is 0 Å². The van der Waals surface area contributed by atoms with Crippen molar-refractivity contribution in [1.29, 1.82) is 0 Å². The molecule has 0 spiro atoms. The van der Waals surface area contributed by atoms with E-state index in [9.17, 15) is 4.79 Å². The predicted molar refractivity (Wildman–Crippen MR) is 174 cm³/mol. The van der Waals surface area contributed by atoms with Crippen molar-refractivity contribution in [3.63, 3.8) is 0 Å². The van der Waals surface area contributed by atoms with Crippen molar-refractivity contribution in [2.24, 2.45) is 5.92 Å². The van der Waals surface area contributed by atoms with E-state index in [1.54, 1.807) is 18.2 Å². The largest absolute Gasteiger partial charge is 0.382 e. The van der Waals surface area contributed by atoms with E-state index in [1.165, 1.54) is 32.3 Å². The molecule has 0 unspecified atom stereocenters. The Morgan fingerprint density at radius 3 is 2.57 bits per heavy atom. The molecule has 2 aliphatic heterocycles. The number of likely N-dealkylation sites (tertiary alicyclic amines) is 1. The van der Waals surface area contributed by atoms with Gasteiger partial charge in [-0.05, 0) is 76.0 Å². The molecule has 230 valence electrons. The highest BCUT2D eigenvalue weighted by Crippen LogP contribution is 2.29. The van der Waals surface area contributed by atoms with Gasteiger partial charge in [-0.15, -0.1) is 0 Å². The molecule has 13 heteroatoms. The van der Waals surface area contributed by atoms with E-state index in [1.807, 2.05) is 19.9 Å². The summed E-state index contributed by atoms with van der Waals surface area (Å²) >= 11 is 0. The lowest BCUT2D eigenvalue weighted by atomic mass is 9.96. The molecule has 4 aromatic rings. The summed E-state index contributed by atoms with van der Waals surface area (Å²) in [7, 11) is 2.21. The fourth-order valence-corrected chi connectivity index (χ4v) is 5.75. The van der Waals surface area contributed by atoms with Crippen LogP contribution >= 0.6 is 0 Å². The maximum absolute atomic E-state index is 13.0. The summed E-state index contributed by atoms with van der Waals surface area (Å²) in [6.45, 7) is 14.8. The normalized spacial score (nSPS) is 16.8.